The van der Waals surface area contributed by atoms with Crippen LogP contribution in [0.4, 0.5) is 0 Å². The van der Waals surface area contributed by atoms with Crippen molar-refractivity contribution in [1.29, 1.82) is 0 Å². The minimum absolute atomic E-state index is 0.0195. The lowest BCUT2D eigenvalue weighted by molar-refractivity contribution is -0.323. The monoisotopic (exact) mass is 236 g/mol. The maximum absolute atomic E-state index is 9.50. The van der Waals surface area contributed by atoms with Crippen molar-refractivity contribution >= 4 is 0 Å². The van der Waals surface area contributed by atoms with Gasteiger partial charge in [0, 0.05) is 5.92 Å². The van der Waals surface area contributed by atoms with Crippen molar-refractivity contribution in [3.05, 3.63) is 35.9 Å². The standard InChI is InChI=1S/C14H20O3/c1-10-12(9-15)13(17-14(2,3)16-10)11-7-5-4-6-8-11/h4-8,10,12-13,15H,9H2,1-3H3/t10-,12-,13-/m0/s1. The first-order chi connectivity index (χ1) is 8.03. The van der Waals surface area contributed by atoms with Crippen LogP contribution in [0.5, 0.6) is 0 Å². The summed E-state index contributed by atoms with van der Waals surface area (Å²) >= 11 is 0. The fraction of sp³-hybridized carbons (Fsp3) is 0.571. The summed E-state index contributed by atoms with van der Waals surface area (Å²) < 4.78 is 11.7. The molecular formula is C14H20O3. The highest BCUT2D eigenvalue weighted by molar-refractivity contribution is 5.19. The average Bonchev–Trinajstić information content (AvgIpc) is 2.28. The van der Waals surface area contributed by atoms with Crippen LogP contribution in [0.25, 0.3) is 0 Å². The maximum atomic E-state index is 9.50. The van der Waals surface area contributed by atoms with Crippen molar-refractivity contribution in [2.75, 3.05) is 6.61 Å². The highest BCUT2D eigenvalue weighted by Gasteiger charge is 2.41. The second-order valence-corrected chi connectivity index (χ2v) is 5.02. The van der Waals surface area contributed by atoms with E-state index in [0.29, 0.717) is 0 Å². The third-order valence-corrected chi connectivity index (χ3v) is 3.21. The molecule has 1 heterocycles. The summed E-state index contributed by atoms with van der Waals surface area (Å²) in [5, 5.41) is 9.50. The molecule has 1 fully saturated rings. The van der Waals surface area contributed by atoms with E-state index >= 15 is 0 Å². The Kier molecular flexibility index (Phi) is 3.52. The zero-order valence-electron chi connectivity index (χ0n) is 10.6. The largest absolute Gasteiger partial charge is 0.396 e. The zero-order chi connectivity index (χ0) is 12.5. The molecule has 94 valence electrons. The van der Waals surface area contributed by atoms with Gasteiger partial charge in [-0.05, 0) is 26.3 Å². The summed E-state index contributed by atoms with van der Waals surface area (Å²) in [6, 6.07) is 10.0. The van der Waals surface area contributed by atoms with Crippen LogP contribution >= 0.6 is 0 Å². The van der Waals surface area contributed by atoms with Gasteiger partial charge in [0.25, 0.3) is 0 Å². The molecule has 1 aliphatic rings. The number of hydrogen-bond donors (Lipinski definition) is 1. The summed E-state index contributed by atoms with van der Waals surface area (Å²) in [6.45, 7) is 5.87. The normalized spacial score (nSPS) is 32.4. The van der Waals surface area contributed by atoms with Crippen molar-refractivity contribution in [3.8, 4) is 0 Å². The van der Waals surface area contributed by atoms with Crippen molar-refractivity contribution in [2.24, 2.45) is 5.92 Å². The molecule has 0 saturated carbocycles. The number of hydrogen-bond acceptors (Lipinski definition) is 3. The quantitative estimate of drug-likeness (QED) is 0.857. The van der Waals surface area contributed by atoms with E-state index in [1.54, 1.807) is 0 Å². The van der Waals surface area contributed by atoms with Crippen LogP contribution in [0.1, 0.15) is 32.4 Å². The number of aliphatic hydroxyl groups excluding tert-OH is 1. The van der Waals surface area contributed by atoms with Gasteiger partial charge >= 0.3 is 0 Å². The molecule has 0 aliphatic carbocycles. The molecule has 1 aromatic rings. The highest BCUT2D eigenvalue weighted by atomic mass is 16.7. The molecule has 0 unspecified atom stereocenters. The van der Waals surface area contributed by atoms with Crippen LogP contribution in [0, 0.1) is 5.92 Å². The van der Waals surface area contributed by atoms with Crippen LogP contribution in [0.3, 0.4) is 0 Å². The molecule has 3 heteroatoms. The van der Waals surface area contributed by atoms with Crippen molar-refractivity contribution in [1.82, 2.24) is 0 Å². The lowest BCUT2D eigenvalue weighted by Crippen LogP contribution is -2.47. The van der Waals surface area contributed by atoms with Crippen LogP contribution in [0.2, 0.25) is 0 Å². The predicted molar refractivity (Wildman–Crippen MR) is 65.5 cm³/mol. The van der Waals surface area contributed by atoms with E-state index in [4.69, 9.17) is 9.47 Å². The second-order valence-electron chi connectivity index (χ2n) is 5.02. The van der Waals surface area contributed by atoms with Gasteiger partial charge in [0.1, 0.15) is 0 Å². The average molecular weight is 236 g/mol. The summed E-state index contributed by atoms with van der Waals surface area (Å²) in [5.41, 5.74) is 1.09. The lowest BCUT2D eigenvalue weighted by Gasteiger charge is -2.44. The smallest absolute Gasteiger partial charge is 0.163 e. The predicted octanol–water partition coefficient (Wildman–Crippen LogP) is 2.51. The van der Waals surface area contributed by atoms with Crippen LogP contribution in [-0.2, 0) is 9.47 Å². The molecule has 1 saturated heterocycles. The molecule has 2 rings (SSSR count). The van der Waals surface area contributed by atoms with Crippen LogP contribution < -0.4 is 0 Å². The van der Waals surface area contributed by atoms with Gasteiger partial charge in [0.2, 0.25) is 0 Å². The van der Waals surface area contributed by atoms with Gasteiger partial charge in [-0.25, -0.2) is 0 Å². The van der Waals surface area contributed by atoms with E-state index in [9.17, 15) is 5.11 Å². The zero-order valence-corrected chi connectivity index (χ0v) is 10.6. The van der Waals surface area contributed by atoms with E-state index < -0.39 is 5.79 Å². The van der Waals surface area contributed by atoms with E-state index in [2.05, 4.69) is 0 Å². The van der Waals surface area contributed by atoms with Crippen molar-refractivity contribution in [2.45, 2.75) is 38.8 Å². The van der Waals surface area contributed by atoms with Crippen molar-refractivity contribution in [3.63, 3.8) is 0 Å². The first-order valence-corrected chi connectivity index (χ1v) is 6.05. The molecular weight excluding hydrogens is 216 g/mol. The van der Waals surface area contributed by atoms with E-state index in [0.717, 1.165) is 5.56 Å². The summed E-state index contributed by atoms with van der Waals surface area (Å²) in [5.74, 6) is -0.628. The molecule has 0 spiro atoms. The Morgan fingerprint density at radius 1 is 1.18 bits per heavy atom. The molecule has 0 bridgehead atoms. The van der Waals surface area contributed by atoms with Crippen molar-refractivity contribution < 1.29 is 14.6 Å². The van der Waals surface area contributed by atoms with Gasteiger partial charge < -0.3 is 14.6 Å². The molecule has 1 aliphatic heterocycles. The Morgan fingerprint density at radius 3 is 2.41 bits per heavy atom. The molecule has 0 amide bonds. The summed E-state index contributed by atoms with van der Waals surface area (Å²) in [4.78, 5) is 0. The summed E-state index contributed by atoms with van der Waals surface area (Å²) in [7, 11) is 0. The maximum Gasteiger partial charge on any atom is 0.163 e. The van der Waals surface area contributed by atoms with E-state index in [1.807, 2.05) is 51.1 Å². The van der Waals surface area contributed by atoms with Gasteiger partial charge in [-0.2, -0.15) is 0 Å². The molecule has 3 atom stereocenters. The SMILES string of the molecule is C[C@@H]1OC(C)(C)O[C@@H](c2ccccc2)[C@H]1CO. The Bertz CT molecular complexity index is 361. The first kappa shape index (κ1) is 12.6. The third kappa shape index (κ3) is 2.68. The lowest BCUT2D eigenvalue weighted by atomic mass is 9.90. The molecule has 1 aromatic carbocycles. The first-order valence-electron chi connectivity index (χ1n) is 6.05. The molecule has 17 heavy (non-hydrogen) atoms. The fourth-order valence-corrected chi connectivity index (χ4v) is 2.40. The molecule has 3 nitrogen and oxygen atoms in total. The third-order valence-electron chi connectivity index (χ3n) is 3.21. The Balaban J connectivity index is 2.28. The Labute approximate surface area is 102 Å². The molecule has 1 N–H and O–H groups in total. The van der Waals surface area contributed by atoms with Crippen LogP contribution in [-0.4, -0.2) is 23.6 Å². The number of aliphatic hydroxyl groups is 1. The van der Waals surface area contributed by atoms with E-state index in [-0.39, 0.29) is 24.7 Å². The topological polar surface area (TPSA) is 38.7 Å². The van der Waals surface area contributed by atoms with Gasteiger partial charge in [-0.15, -0.1) is 0 Å². The Hall–Kier alpha value is -0.900. The highest BCUT2D eigenvalue weighted by Crippen LogP contribution is 2.39. The number of benzene rings is 1. The van der Waals surface area contributed by atoms with Gasteiger partial charge in [-0.1, -0.05) is 30.3 Å². The minimum Gasteiger partial charge on any atom is -0.396 e. The molecule has 0 radical (unpaired) electrons. The second kappa shape index (κ2) is 4.77. The Morgan fingerprint density at radius 2 is 1.82 bits per heavy atom. The number of rotatable bonds is 2. The summed E-state index contributed by atoms with van der Waals surface area (Å²) in [6.07, 6.45) is -0.131. The number of ether oxygens (including phenoxy) is 2. The van der Waals surface area contributed by atoms with Gasteiger partial charge in [0.15, 0.2) is 5.79 Å². The molecule has 0 aromatic heterocycles. The fourth-order valence-electron chi connectivity index (χ4n) is 2.40. The van der Waals surface area contributed by atoms with Gasteiger partial charge in [0.05, 0.1) is 18.8 Å². The minimum atomic E-state index is -0.606. The van der Waals surface area contributed by atoms with E-state index in [1.165, 1.54) is 0 Å². The van der Waals surface area contributed by atoms with Gasteiger partial charge in [-0.3, -0.25) is 0 Å². The van der Waals surface area contributed by atoms with Crippen LogP contribution in [0.15, 0.2) is 30.3 Å².